The Bertz CT molecular complexity index is 878. The Morgan fingerprint density at radius 3 is 2.40 bits per heavy atom. The lowest BCUT2D eigenvalue weighted by Gasteiger charge is -2.45. The summed E-state index contributed by atoms with van der Waals surface area (Å²) in [4.78, 5) is 2.10. The van der Waals surface area contributed by atoms with Crippen LogP contribution < -0.4 is 5.73 Å². The molecule has 1 aromatic carbocycles. The van der Waals surface area contributed by atoms with Gasteiger partial charge in [-0.2, -0.15) is 15.8 Å². The van der Waals surface area contributed by atoms with Crippen LogP contribution in [0.2, 0.25) is 5.02 Å². The van der Waals surface area contributed by atoms with Crippen LogP contribution >= 0.6 is 11.6 Å². The molecule has 0 radical (unpaired) electrons. The minimum atomic E-state index is -1.58. The summed E-state index contributed by atoms with van der Waals surface area (Å²) in [5.74, 6) is -0.632. The summed E-state index contributed by atoms with van der Waals surface area (Å²) in [6.07, 6.45) is 1.97. The van der Waals surface area contributed by atoms with Crippen molar-refractivity contribution in [1.29, 1.82) is 15.8 Å². The van der Waals surface area contributed by atoms with Gasteiger partial charge in [0.25, 0.3) is 0 Å². The summed E-state index contributed by atoms with van der Waals surface area (Å²) in [5.41, 5.74) is 6.61. The number of hydrogen-bond donors (Lipinski definition) is 1. The van der Waals surface area contributed by atoms with Crippen molar-refractivity contribution < 1.29 is 0 Å². The first-order valence-electron chi connectivity index (χ1n) is 7.85. The van der Waals surface area contributed by atoms with Crippen molar-refractivity contribution >= 4 is 11.6 Å². The van der Waals surface area contributed by atoms with E-state index in [0.717, 1.165) is 11.1 Å². The number of allylic oxidation sites excluding steroid dienone is 2. The first-order valence-corrected chi connectivity index (χ1v) is 8.23. The van der Waals surface area contributed by atoms with E-state index in [1.807, 2.05) is 25.3 Å². The molecule has 0 amide bonds. The average Bonchev–Trinajstić information content (AvgIpc) is 2.62. The van der Waals surface area contributed by atoms with Crippen molar-refractivity contribution in [2.24, 2.45) is 17.1 Å². The molecular weight excluding hydrogens is 334 g/mol. The van der Waals surface area contributed by atoms with E-state index < -0.39 is 11.3 Å². The predicted molar refractivity (Wildman–Crippen MR) is 93.7 cm³/mol. The Kier molecular flexibility index (Phi) is 4.27. The minimum absolute atomic E-state index is 0.0482. The first-order chi connectivity index (χ1) is 12.0. The standard InChI is InChI=1S/C19H16ClN5/c1-25-7-6-14-15(8-21)18(24)19(10-22,11-23)17(16(14)9-25)12-2-4-13(20)5-3-12/h2-6,16-17H,7,9,24H2,1H3. The summed E-state index contributed by atoms with van der Waals surface area (Å²) in [7, 11) is 1.97. The fourth-order valence-electron chi connectivity index (χ4n) is 3.87. The van der Waals surface area contributed by atoms with E-state index in [0.29, 0.717) is 18.1 Å². The normalized spacial score (nSPS) is 25.2. The fourth-order valence-corrected chi connectivity index (χ4v) is 4.00. The van der Waals surface area contributed by atoms with E-state index in [4.69, 9.17) is 17.3 Å². The van der Waals surface area contributed by atoms with Crippen LogP contribution in [0.3, 0.4) is 0 Å². The van der Waals surface area contributed by atoms with E-state index in [-0.39, 0.29) is 17.2 Å². The maximum Gasteiger partial charge on any atom is 0.191 e. The summed E-state index contributed by atoms with van der Waals surface area (Å²) in [6, 6.07) is 13.5. The van der Waals surface area contributed by atoms with E-state index in [9.17, 15) is 15.8 Å². The Morgan fingerprint density at radius 1 is 1.20 bits per heavy atom. The number of rotatable bonds is 1. The Balaban J connectivity index is 2.32. The molecule has 0 bridgehead atoms. The van der Waals surface area contributed by atoms with E-state index in [1.54, 1.807) is 12.1 Å². The van der Waals surface area contributed by atoms with Gasteiger partial charge in [-0.15, -0.1) is 0 Å². The summed E-state index contributed by atoms with van der Waals surface area (Å²) >= 11 is 6.00. The Hall–Kier alpha value is -2.78. The summed E-state index contributed by atoms with van der Waals surface area (Å²) < 4.78 is 0. The molecule has 1 aliphatic carbocycles. The zero-order valence-electron chi connectivity index (χ0n) is 13.7. The van der Waals surface area contributed by atoms with E-state index >= 15 is 0 Å². The molecule has 2 N–H and O–H groups in total. The fraction of sp³-hybridized carbons (Fsp3) is 0.316. The molecule has 0 fully saturated rings. The maximum atomic E-state index is 9.91. The van der Waals surface area contributed by atoms with Gasteiger partial charge in [-0.25, -0.2) is 0 Å². The van der Waals surface area contributed by atoms with Crippen LogP contribution in [0.15, 0.2) is 47.2 Å². The SMILES string of the molecule is CN1CC=C2C(C#N)=C(N)C(C#N)(C#N)C(c3ccc(Cl)cc3)C2C1. The molecule has 0 saturated heterocycles. The number of nitrogens with zero attached hydrogens (tertiary/aromatic N) is 4. The lowest BCUT2D eigenvalue weighted by Crippen LogP contribution is -2.47. The molecule has 6 heteroatoms. The molecule has 124 valence electrons. The van der Waals surface area contributed by atoms with Gasteiger partial charge < -0.3 is 10.6 Å². The van der Waals surface area contributed by atoms with Crippen LogP contribution in [0.5, 0.6) is 0 Å². The molecule has 25 heavy (non-hydrogen) atoms. The third-order valence-electron chi connectivity index (χ3n) is 5.08. The van der Waals surface area contributed by atoms with Crippen molar-refractivity contribution in [3.05, 3.63) is 57.8 Å². The third kappa shape index (κ3) is 2.48. The first kappa shape index (κ1) is 17.1. The zero-order valence-corrected chi connectivity index (χ0v) is 14.5. The predicted octanol–water partition coefficient (Wildman–Crippen LogP) is 2.70. The highest BCUT2D eigenvalue weighted by Gasteiger charge is 2.54. The average molecular weight is 350 g/mol. The van der Waals surface area contributed by atoms with Gasteiger partial charge in [0.2, 0.25) is 0 Å². The van der Waals surface area contributed by atoms with Gasteiger partial charge in [0.15, 0.2) is 5.41 Å². The third-order valence-corrected chi connectivity index (χ3v) is 5.33. The van der Waals surface area contributed by atoms with Crippen molar-refractivity contribution in [3.63, 3.8) is 0 Å². The second-order valence-corrected chi connectivity index (χ2v) is 6.88. The highest BCUT2D eigenvalue weighted by molar-refractivity contribution is 6.30. The molecule has 1 aromatic rings. The molecule has 0 saturated carbocycles. The molecule has 0 aromatic heterocycles. The zero-order chi connectivity index (χ0) is 18.2. The molecule has 1 heterocycles. The second kappa shape index (κ2) is 6.26. The molecule has 0 spiro atoms. The highest BCUT2D eigenvalue weighted by Crippen LogP contribution is 2.54. The second-order valence-electron chi connectivity index (χ2n) is 6.45. The smallest absolute Gasteiger partial charge is 0.191 e. The van der Waals surface area contributed by atoms with Crippen molar-refractivity contribution in [2.45, 2.75) is 5.92 Å². The van der Waals surface area contributed by atoms with Gasteiger partial charge in [-0.1, -0.05) is 29.8 Å². The topological polar surface area (TPSA) is 101 Å². The molecule has 3 rings (SSSR count). The number of likely N-dealkylation sites (N-methyl/N-ethyl adjacent to an activating group) is 1. The highest BCUT2D eigenvalue weighted by atomic mass is 35.5. The van der Waals surface area contributed by atoms with Crippen LogP contribution in [0.4, 0.5) is 0 Å². The maximum absolute atomic E-state index is 9.91. The molecule has 2 atom stereocenters. The van der Waals surface area contributed by atoms with Crippen LogP contribution in [-0.4, -0.2) is 25.0 Å². The van der Waals surface area contributed by atoms with Gasteiger partial charge in [0.1, 0.15) is 6.07 Å². The lowest BCUT2D eigenvalue weighted by molar-refractivity contribution is 0.237. The molecule has 2 aliphatic rings. The van der Waals surface area contributed by atoms with Gasteiger partial charge in [-0.05, 0) is 30.3 Å². The summed E-state index contributed by atoms with van der Waals surface area (Å²) in [6.45, 7) is 1.34. The number of halogens is 1. The van der Waals surface area contributed by atoms with E-state index in [2.05, 4.69) is 23.1 Å². The number of hydrogen-bond acceptors (Lipinski definition) is 5. The molecular formula is C19H16ClN5. The molecule has 1 aliphatic heterocycles. The van der Waals surface area contributed by atoms with Crippen LogP contribution in [0.25, 0.3) is 0 Å². The van der Waals surface area contributed by atoms with Gasteiger partial charge >= 0.3 is 0 Å². The minimum Gasteiger partial charge on any atom is -0.399 e. The van der Waals surface area contributed by atoms with Gasteiger partial charge in [-0.3, -0.25) is 0 Å². The number of nitriles is 3. The van der Waals surface area contributed by atoms with Crippen LogP contribution in [0.1, 0.15) is 11.5 Å². The number of fused-ring (bicyclic) bond motifs is 1. The summed E-state index contributed by atoms with van der Waals surface area (Å²) in [5, 5.41) is 30.0. The van der Waals surface area contributed by atoms with Crippen molar-refractivity contribution in [1.82, 2.24) is 4.90 Å². The Morgan fingerprint density at radius 2 is 1.84 bits per heavy atom. The quantitative estimate of drug-likeness (QED) is 0.840. The molecule has 2 unspecified atom stereocenters. The van der Waals surface area contributed by atoms with Gasteiger partial charge in [0.05, 0.1) is 23.4 Å². The van der Waals surface area contributed by atoms with Crippen molar-refractivity contribution in [2.75, 3.05) is 20.1 Å². The Labute approximate surface area is 151 Å². The number of benzene rings is 1. The monoisotopic (exact) mass is 349 g/mol. The van der Waals surface area contributed by atoms with Gasteiger partial charge in [0, 0.05) is 29.9 Å². The molecule has 5 nitrogen and oxygen atoms in total. The van der Waals surface area contributed by atoms with Crippen LogP contribution in [-0.2, 0) is 0 Å². The number of nitrogens with two attached hydrogens (primary N) is 1. The van der Waals surface area contributed by atoms with E-state index in [1.165, 1.54) is 0 Å². The van der Waals surface area contributed by atoms with Crippen LogP contribution in [0, 0.1) is 45.3 Å². The largest absolute Gasteiger partial charge is 0.399 e. The van der Waals surface area contributed by atoms with Crippen molar-refractivity contribution in [3.8, 4) is 18.2 Å². The lowest BCUT2D eigenvalue weighted by atomic mass is 9.58.